The van der Waals surface area contributed by atoms with E-state index in [0.717, 1.165) is 18.8 Å². The summed E-state index contributed by atoms with van der Waals surface area (Å²) in [5.74, 6) is 2.03. The lowest BCUT2D eigenvalue weighted by Gasteiger charge is -2.46. The van der Waals surface area contributed by atoms with Crippen molar-refractivity contribution in [3.63, 3.8) is 0 Å². The van der Waals surface area contributed by atoms with Gasteiger partial charge in [0.25, 0.3) is 0 Å². The highest BCUT2D eigenvalue weighted by molar-refractivity contribution is 6.29. The highest BCUT2D eigenvalue weighted by Crippen LogP contribution is 2.41. The molecule has 2 atom stereocenters. The van der Waals surface area contributed by atoms with Crippen LogP contribution in [0.5, 0.6) is 5.88 Å². The maximum absolute atomic E-state index is 13.9. The zero-order valence-corrected chi connectivity index (χ0v) is 16.8. The summed E-state index contributed by atoms with van der Waals surface area (Å²) in [6, 6.07) is 6.96. The molecule has 148 valence electrons. The maximum Gasteiger partial charge on any atom is 0.236 e. The lowest BCUT2D eigenvalue weighted by atomic mass is 9.69. The highest BCUT2D eigenvalue weighted by atomic mass is 35.5. The standard InChI is InChI=1S/C22H25ClFN3O/c1-28-22-20(26-21(23)11-25-22)14-27-12-16-6-4-7-17(13-27)18(16)10-9-15-5-2-3-8-19(15)24/h2-3,5,8-11,16-18H,4,6-7,12-14H2,1H3/b10-9+. The van der Waals surface area contributed by atoms with Gasteiger partial charge < -0.3 is 4.74 Å². The van der Waals surface area contributed by atoms with Crippen molar-refractivity contribution in [3.05, 3.63) is 58.8 Å². The van der Waals surface area contributed by atoms with Crippen molar-refractivity contribution in [2.45, 2.75) is 25.8 Å². The molecule has 4 nitrogen and oxygen atoms in total. The van der Waals surface area contributed by atoms with E-state index in [1.54, 1.807) is 13.2 Å². The van der Waals surface area contributed by atoms with Crippen molar-refractivity contribution in [2.75, 3.05) is 20.2 Å². The van der Waals surface area contributed by atoms with Crippen LogP contribution in [0.2, 0.25) is 5.15 Å². The fourth-order valence-electron chi connectivity index (χ4n) is 4.72. The summed E-state index contributed by atoms with van der Waals surface area (Å²) in [5, 5.41) is 0.388. The average molecular weight is 402 g/mol. The molecule has 28 heavy (non-hydrogen) atoms. The number of halogens is 2. The first-order valence-electron chi connectivity index (χ1n) is 9.84. The Morgan fingerprint density at radius 1 is 1.25 bits per heavy atom. The number of piperidine rings is 1. The molecule has 0 N–H and O–H groups in total. The van der Waals surface area contributed by atoms with Crippen LogP contribution in [0.15, 0.2) is 36.5 Å². The van der Waals surface area contributed by atoms with Gasteiger partial charge in [0.2, 0.25) is 5.88 Å². The van der Waals surface area contributed by atoms with Gasteiger partial charge in [-0.15, -0.1) is 0 Å². The Labute approximate surface area is 170 Å². The minimum Gasteiger partial charge on any atom is -0.480 e. The molecule has 1 saturated heterocycles. The van der Waals surface area contributed by atoms with Gasteiger partial charge in [0, 0.05) is 25.2 Å². The lowest BCUT2D eigenvalue weighted by Crippen LogP contribution is -2.47. The van der Waals surface area contributed by atoms with Crippen molar-refractivity contribution in [1.29, 1.82) is 0 Å². The number of benzene rings is 1. The molecule has 2 aliphatic rings. The first-order chi connectivity index (χ1) is 13.6. The lowest BCUT2D eigenvalue weighted by molar-refractivity contribution is 0.0409. The van der Waals surface area contributed by atoms with E-state index in [9.17, 15) is 4.39 Å². The number of methoxy groups -OCH3 is 1. The quantitative estimate of drug-likeness (QED) is 0.718. The molecule has 6 heteroatoms. The number of aromatic nitrogens is 2. The Morgan fingerprint density at radius 2 is 2.00 bits per heavy atom. The number of rotatable bonds is 5. The fourth-order valence-corrected chi connectivity index (χ4v) is 4.87. The molecule has 1 aromatic heterocycles. The van der Waals surface area contributed by atoms with Crippen LogP contribution in [0.4, 0.5) is 4.39 Å². The van der Waals surface area contributed by atoms with Crippen LogP contribution >= 0.6 is 11.6 Å². The molecule has 1 aliphatic heterocycles. The van der Waals surface area contributed by atoms with E-state index in [0.29, 0.717) is 40.9 Å². The molecule has 1 aromatic carbocycles. The van der Waals surface area contributed by atoms with Crippen molar-refractivity contribution < 1.29 is 9.13 Å². The van der Waals surface area contributed by atoms with Gasteiger partial charge in [-0.3, -0.25) is 4.90 Å². The third kappa shape index (κ3) is 4.20. The maximum atomic E-state index is 13.9. The Bertz CT molecular complexity index is 845. The van der Waals surface area contributed by atoms with E-state index < -0.39 is 0 Å². The Balaban J connectivity index is 1.48. The number of allylic oxidation sites excluding steroid dienone is 1. The van der Waals surface area contributed by atoms with Crippen molar-refractivity contribution >= 4 is 17.7 Å². The highest BCUT2D eigenvalue weighted by Gasteiger charge is 2.38. The Morgan fingerprint density at radius 3 is 2.71 bits per heavy atom. The normalized spacial score (nSPS) is 25.2. The first-order valence-corrected chi connectivity index (χ1v) is 10.2. The minimum absolute atomic E-state index is 0.159. The van der Waals surface area contributed by atoms with Crippen LogP contribution in [0.3, 0.4) is 0 Å². The minimum atomic E-state index is -0.159. The molecule has 2 unspecified atom stereocenters. The molecular weight excluding hydrogens is 377 g/mol. The predicted molar refractivity (Wildman–Crippen MR) is 109 cm³/mol. The number of fused-ring (bicyclic) bond motifs is 2. The molecule has 0 amide bonds. The Hall–Kier alpha value is -1.98. The second-order valence-electron chi connectivity index (χ2n) is 7.75. The zero-order chi connectivity index (χ0) is 19.5. The molecule has 2 aromatic rings. The summed E-state index contributed by atoms with van der Waals surface area (Å²) in [5.41, 5.74) is 1.45. The van der Waals surface area contributed by atoms with Gasteiger partial charge in [0.05, 0.1) is 13.3 Å². The van der Waals surface area contributed by atoms with Gasteiger partial charge in [-0.25, -0.2) is 14.4 Å². The SMILES string of the molecule is COc1ncc(Cl)nc1CN1CC2CCCC(C1)C2/C=C/c1ccccc1F. The van der Waals surface area contributed by atoms with Gasteiger partial charge in [-0.1, -0.05) is 48.4 Å². The van der Waals surface area contributed by atoms with E-state index >= 15 is 0 Å². The summed E-state index contributed by atoms with van der Waals surface area (Å²) in [6.07, 6.45) is 9.40. The van der Waals surface area contributed by atoms with E-state index in [4.69, 9.17) is 16.3 Å². The second kappa shape index (κ2) is 8.58. The van der Waals surface area contributed by atoms with E-state index in [1.807, 2.05) is 18.2 Å². The number of hydrogen-bond donors (Lipinski definition) is 0. The summed E-state index contributed by atoms with van der Waals surface area (Å²) in [6.45, 7) is 2.69. The monoisotopic (exact) mass is 401 g/mol. The smallest absolute Gasteiger partial charge is 0.236 e. The summed E-state index contributed by atoms with van der Waals surface area (Å²) >= 11 is 6.04. The molecule has 0 radical (unpaired) electrons. The number of ether oxygens (including phenoxy) is 1. The number of likely N-dealkylation sites (tertiary alicyclic amines) is 1. The molecule has 0 spiro atoms. The fraction of sp³-hybridized carbons (Fsp3) is 0.455. The van der Waals surface area contributed by atoms with Crippen LogP contribution < -0.4 is 4.74 Å². The molecule has 2 heterocycles. The third-order valence-corrected chi connectivity index (χ3v) is 6.15. The van der Waals surface area contributed by atoms with Crippen molar-refractivity contribution in [1.82, 2.24) is 14.9 Å². The van der Waals surface area contributed by atoms with Gasteiger partial charge >= 0.3 is 0 Å². The average Bonchev–Trinajstić information content (AvgIpc) is 2.67. The van der Waals surface area contributed by atoms with Gasteiger partial charge in [0.15, 0.2) is 0 Å². The van der Waals surface area contributed by atoms with E-state index in [-0.39, 0.29) is 5.82 Å². The van der Waals surface area contributed by atoms with Crippen molar-refractivity contribution in [3.8, 4) is 5.88 Å². The van der Waals surface area contributed by atoms with Crippen LogP contribution in [0.1, 0.15) is 30.5 Å². The number of hydrogen-bond acceptors (Lipinski definition) is 4. The van der Waals surface area contributed by atoms with Crippen LogP contribution in [0.25, 0.3) is 6.08 Å². The van der Waals surface area contributed by atoms with Crippen LogP contribution in [0, 0.1) is 23.6 Å². The third-order valence-electron chi connectivity index (χ3n) is 5.97. The van der Waals surface area contributed by atoms with Gasteiger partial charge in [-0.05, 0) is 36.7 Å². The molecule has 1 saturated carbocycles. The second-order valence-corrected chi connectivity index (χ2v) is 8.14. The molecule has 2 bridgehead atoms. The zero-order valence-electron chi connectivity index (χ0n) is 16.0. The number of nitrogens with zero attached hydrogens (tertiary/aromatic N) is 3. The summed E-state index contributed by atoms with van der Waals surface area (Å²) in [4.78, 5) is 11.1. The van der Waals surface area contributed by atoms with E-state index in [2.05, 4.69) is 20.9 Å². The Kier molecular flexibility index (Phi) is 5.93. The first kappa shape index (κ1) is 19.3. The topological polar surface area (TPSA) is 38.3 Å². The summed E-state index contributed by atoms with van der Waals surface area (Å²) < 4.78 is 19.3. The van der Waals surface area contributed by atoms with Gasteiger partial charge in [0.1, 0.15) is 16.7 Å². The molecular formula is C22H25ClFN3O. The van der Waals surface area contributed by atoms with Crippen LogP contribution in [-0.2, 0) is 6.54 Å². The summed E-state index contributed by atoms with van der Waals surface area (Å²) in [7, 11) is 1.61. The molecule has 1 aliphatic carbocycles. The van der Waals surface area contributed by atoms with Gasteiger partial charge in [-0.2, -0.15) is 0 Å². The largest absolute Gasteiger partial charge is 0.480 e. The van der Waals surface area contributed by atoms with Crippen LogP contribution in [-0.4, -0.2) is 35.1 Å². The molecule has 4 rings (SSSR count). The van der Waals surface area contributed by atoms with E-state index in [1.165, 1.54) is 31.5 Å². The van der Waals surface area contributed by atoms with Crippen molar-refractivity contribution in [2.24, 2.45) is 17.8 Å². The predicted octanol–water partition coefficient (Wildman–Crippen LogP) is 4.84. The molecule has 2 fully saturated rings.